The van der Waals surface area contributed by atoms with Gasteiger partial charge in [-0.25, -0.2) is 0 Å². The van der Waals surface area contributed by atoms with Gasteiger partial charge < -0.3 is 4.90 Å². The SMILES string of the molecule is CC(=O)C=CN1CC1. The highest BCUT2D eigenvalue weighted by Crippen LogP contribution is 2.02. The molecule has 0 radical (unpaired) electrons. The number of ketones is 1. The molecule has 0 spiro atoms. The van der Waals surface area contributed by atoms with Crippen molar-refractivity contribution in [3.8, 4) is 0 Å². The number of carbonyl (C=O) groups excluding carboxylic acids is 1. The van der Waals surface area contributed by atoms with Crippen molar-refractivity contribution in [2.75, 3.05) is 13.1 Å². The van der Waals surface area contributed by atoms with Gasteiger partial charge in [0.2, 0.25) is 0 Å². The van der Waals surface area contributed by atoms with Gasteiger partial charge in [-0.05, 0) is 13.0 Å². The molecule has 0 amide bonds. The van der Waals surface area contributed by atoms with Gasteiger partial charge in [-0.2, -0.15) is 0 Å². The Morgan fingerprint density at radius 3 is 2.62 bits per heavy atom. The minimum Gasteiger partial charge on any atom is -0.374 e. The Morgan fingerprint density at radius 1 is 1.62 bits per heavy atom. The second-order valence-electron chi connectivity index (χ2n) is 1.96. The van der Waals surface area contributed by atoms with Crippen molar-refractivity contribution >= 4 is 5.78 Å². The molecule has 0 unspecified atom stereocenters. The zero-order valence-corrected chi connectivity index (χ0v) is 4.92. The van der Waals surface area contributed by atoms with Gasteiger partial charge in [-0.1, -0.05) is 0 Å². The van der Waals surface area contributed by atoms with E-state index in [2.05, 4.69) is 4.90 Å². The topological polar surface area (TPSA) is 20.1 Å². The van der Waals surface area contributed by atoms with E-state index in [1.807, 2.05) is 6.20 Å². The van der Waals surface area contributed by atoms with Crippen LogP contribution in [0.25, 0.3) is 0 Å². The zero-order chi connectivity index (χ0) is 5.98. The molecular weight excluding hydrogens is 102 g/mol. The van der Waals surface area contributed by atoms with Crippen LogP contribution in [0.4, 0.5) is 0 Å². The molecule has 44 valence electrons. The standard InChI is InChI=1S/C6H9NO/c1-6(8)2-3-7-4-5-7/h2-3H,4-5H2,1H3. The van der Waals surface area contributed by atoms with E-state index in [4.69, 9.17) is 0 Å². The van der Waals surface area contributed by atoms with Crippen molar-refractivity contribution in [1.82, 2.24) is 4.90 Å². The van der Waals surface area contributed by atoms with Gasteiger partial charge in [0, 0.05) is 19.3 Å². The fraction of sp³-hybridized carbons (Fsp3) is 0.500. The molecule has 1 saturated heterocycles. The van der Waals surface area contributed by atoms with Crippen molar-refractivity contribution in [1.29, 1.82) is 0 Å². The van der Waals surface area contributed by atoms with Crippen LogP contribution >= 0.6 is 0 Å². The Balaban J connectivity index is 2.23. The second kappa shape index (κ2) is 1.99. The first-order valence-corrected chi connectivity index (χ1v) is 2.72. The Hall–Kier alpha value is -0.790. The van der Waals surface area contributed by atoms with Crippen LogP contribution in [-0.2, 0) is 4.79 Å². The van der Waals surface area contributed by atoms with E-state index < -0.39 is 0 Å². The molecular formula is C6H9NO. The van der Waals surface area contributed by atoms with Gasteiger partial charge in [-0.15, -0.1) is 0 Å². The molecule has 0 aliphatic carbocycles. The van der Waals surface area contributed by atoms with Crippen LogP contribution in [0.1, 0.15) is 6.92 Å². The predicted molar refractivity (Wildman–Crippen MR) is 31.4 cm³/mol. The summed E-state index contributed by atoms with van der Waals surface area (Å²) in [4.78, 5) is 12.3. The summed E-state index contributed by atoms with van der Waals surface area (Å²) < 4.78 is 0. The van der Waals surface area contributed by atoms with Crippen molar-refractivity contribution in [3.05, 3.63) is 12.3 Å². The molecule has 1 aliphatic heterocycles. The maximum atomic E-state index is 10.3. The van der Waals surface area contributed by atoms with Gasteiger partial charge in [0.1, 0.15) is 0 Å². The summed E-state index contributed by atoms with van der Waals surface area (Å²) in [7, 11) is 0. The minimum atomic E-state index is 0.122. The number of allylic oxidation sites excluding steroid dienone is 1. The molecule has 1 heterocycles. The van der Waals surface area contributed by atoms with Crippen molar-refractivity contribution in [3.63, 3.8) is 0 Å². The number of hydrogen-bond acceptors (Lipinski definition) is 2. The van der Waals surface area contributed by atoms with E-state index in [9.17, 15) is 4.79 Å². The third-order valence-electron chi connectivity index (χ3n) is 1.00. The Morgan fingerprint density at radius 2 is 2.25 bits per heavy atom. The molecule has 1 aliphatic rings. The lowest BCUT2D eigenvalue weighted by Crippen LogP contribution is -1.85. The number of rotatable bonds is 2. The lowest BCUT2D eigenvalue weighted by Gasteiger charge is -1.84. The van der Waals surface area contributed by atoms with Gasteiger partial charge in [0.25, 0.3) is 0 Å². The first-order valence-electron chi connectivity index (χ1n) is 2.72. The maximum absolute atomic E-state index is 10.3. The smallest absolute Gasteiger partial charge is 0.154 e. The summed E-state index contributed by atoms with van der Waals surface area (Å²) >= 11 is 0. The van der Waals surface area contributed by atoms with E-state index in [0.29, 0.717) is 0 Å². The number of hydrogen-bond donors (Lipinski definition) is 0. The maximum Gasteiger partial charge on any atom is 0.154 e. The highest BCUT2D eigenvalue weighted by molar-refractivity contribution is 5.87. The van der Waals surface area contributed by atoms with E-state index in [0.717, 1.165) is 13.1 Å². The average Bonchev–Trinajstić information content (AvgIpc) is 2.41. The van der Waals surface area contributed by atoms with Crippen LogP contribution < -0.4 is 0 Å². The van der Waals surface area contributed by atoms with Crippen molar-refractivity contribution < 1.29 is 4.79 Å². The number of nitrogens with zero attached hydrogens (tertiary/aromatic N) is 1. The summed E-state index contributed by atoms with van der Waals surface area (Å²) in [5, 5.41) is 0. The summed E-state index contributed by atoms with van der Waals surface area (Å²) in [6.07, 6.45) is 3.43. The molecule has 0 aromatic heterocycles. The molecule has 1 fully saturated rings. The molecule has 8 heavy (non-hydrogen) atoms. The van der Waals surface area contributed by atoms with Crippen LogP contribution in [0, 0.1) is 0 Å². The largest absolute Gasteiger partial charge is 0.374 e. The Bertz CT molecular complexity index is 124. The average molecular weight is 111 g/mol. The molecule has 0 atom stereocenters. The quantitative estimate of drug-likeness (QED) is 0.380. The Kier molecular flexibility index (Phi) is 1.33. The second-order valence-corrected chi connectivity index (χ2v) is 1.96. The summed E-state index contributed by atoms with van der Waals surface area (Å²) in [5.74, 6) is 0.122. The fourth-order valence-electron chi connectivity index (χ4n) is 0.417. The molecule has 0 aromatic rings. The van der Waals surface area contributed by atoms with Crippen LogP contribution in [0.3, 0.4) is 0 Å². The molecule has 0 aromatic carbocycles. The molecule has 2 nitrogen and oxygen atoms in total. The van der Waals surface area contributed by atoms with Crippen LogP contribution in [-0.4, -0.2) is 23.8 Å². The molecule has 0 bridgehead atoms. The zero-order valence-electron chi connectivity index (χ0n) is 4.92. The first-order chi connectivity index (χ1) is 3.79. The van der Waals surface area contributed by atoms with E-state index >= 15 is 0 Å². The summed E-state index contributed by atoms with van der Waals surface area (Å²) in [5.41, 5.74) is 0. The van der Waals surface area contributed by atoms with E-state index in [-0.39, 0.29) is 5.78 Å². The predicted octanol–water partition coefficient (Wildman–Crippen LogP) is 0.405. The van der Waals surface area contributed by atoms with Crippen LogP contribution in [0.15, 0.2) is 12.3 Å². The molecule has 1 rings (SSSR count). The van der Waals surface area contributed by atoms with Gasteiger partial charge >= 0.3 is 0 Å². The first kappa shape index (κ1) is 5.35. The van der Waals surface area contributed by atoms with Crippen LogP contribution in [0.5, 0.6) is 0 Å². The Labute approximate surface area is 48.8 Å². The highest BCUT2D eigenvalue weighted by atomic mass is 16.1. The minimum absolute atomic E-state index is 0.122. The van der Waals surface area contributed by atoms with E-state index in [1.54, 1.807) is 13.0 Å². The summed E-state index contributed by atoms with van der Waals surface area (Å²) in [6.45, 7) is 3.79. The van der Waals surface area contributed by atoms with Gasteiger partial charge in [-0.3, -0.25) is 4.79 Å². The highest BCUT2D eigenvalue weighted by Gasteiger charge is 2.10. The monoisotopic (exact) mass is 111 g/mol. The fourth-order valence-corrected chi connectivity index (χ4v) is 0.417. The normalized spacial score (nSPS) is 17.4. The van der Waals surface area contributed by atoms with Gasteiger partial charge in [0.05, 0.1) is 0 Å². The third kappa shape index (κ3) is 1.78. The third-order valence-corrected chi connectivity index (χ3v) is 1.00. The lowest BCUT2D eigenvalue weighted by atomic mass is 10.4. The number of carbonyl (C=O) groups is 1. The van der Waals surface area contributed by atoms with Crippen molar-refractivity contribution in [2.24, 2.45) is 0 Å². The van der Waals surface area contributed by atoms with Crippen molar-refractivity contribution in [2.45, 2.75) is 6.92 Å². The lowest BCUT2D eigenvalue weighted by molar-refractivity contribution is -0.112. The van der Waals surface area contributed by atoms with Crippen LogP contribution in [0.2, 0.25) is 0 Å². The summed E-state index contributed by atoms with van der Waals surface area (Å²) in [6, 6.07) is 0. The van der Waals surface area contributed by atoms with E-state index in [1.165, 1.54) is 0 Å². The van der Waals surface area contributed by atoms with Gasteiger partial charge in [0.15, 0.2) is 5.78 Å². The molecule has 2 heteroatoms. The molecule has 0 saturated carbocycles. The molecule has 0 N–H and O–H groups in total.